The summed E-state index contributed by atoms with van der Waals surface area (Å²) in [7, 11) is 1.62. The Bertz CT molecular complexity index is 1150. The van der Waals surface area contributed by atoms with Gasteiger partial charge >= 0.3 is 0 Å². The Balaban J connectivity index is 1.68. The first-order chi connectivity index (χ1) is 15.5. The SMILES string of the molecule is COc1cccc(CNC(=O)C2(C)Cc3ccccc3C(=O)N2c2ccc(SC)cc2)c1. The number of nitrogens with one attached hydrogen (secondary N) is 1. The van der Waals surface area contributed by atoms with Gasteiger partial charge in [-0.3, -0.25) is 14.5 Å². The first-order valence-corrected chi connectivity index (χ1v) is 11.7. The predicted octanol–water partition coefficient (Wildman–Crippen LogP) is 4.70. The highest BCUT2D eigenvalue weighted by molar-refractivity contribution is 7.98. The maximum atomic E-state index is 13.6. The van der Waals surface area contributed by atoms with Crippen LogP contribution in [-0.2, 0) is 17.8 Å². The summed E-state index contributed by atoms with van der Waals surface area (Å²) in [5, 5.41) is 3.04. The minimum Gasteiger partial charge on any atom is -0.497 e. The quantitative estimate of drug-likeness (QED) is 0.558. The number of thioether (sulfide) groups is 1. The number of carbonyl (C=O) groups is 2. The van der Waals surface area contributed by atoms with E-state index in [4.69, 9.17) is 4.74 Å². The van der Waals surface area contributed by atoms with Gasteiger partial charge in [0.1, 0.15) is 11.3 Å². The van der Waals surface area contributed by atoms with Gasteiger partial charge in [0.15, 0.2) is 0 Å². The predicted molar refractivity (Wildman–Crippen MR) is 128 cm³/mol. The van der Waals surface area contributed by atoms with Gasteiger partial charge < -0.3 is 10.1 Å². The molecule has 4 rings (SSSR count). The van der Waals surface area contributed by atoms with Crippen molar-refractivity contribution in [3.8, 4) is 5.75 Å². The van der Waals surface area contributed by atoms with Gasteiger partial charge in [-0.25, -0.2) is 0 Å². The zero-order valence-electron chi connectivity index (χ0n) is 18.4. The highest BCUT2D eigenvalue weighted by atomic mass is 32.2. The number of ether oxygens (including phenoxy) is 1. The number of hydrogen-bond donors (Lipinski definition) is 1. The van der Waals surface area contributed by atoms with Crippen LogP contribution in [0.1, 0.15) is 28.4 Å². The number of rotatable bonds is 6. The standard InChI is InChI=1S/C26H26N2O3S/c1-26(25(30)27-17-18-7-6-9-21(15-18)31-2)16-19-8-4-5-10-23(19)24(29)28(26)20-11-13-22(32-3)14-12-20/h4-15H,16-17H2,1-3H3,(H,27,30). The molecule has 0 fully saturated rings. The smallest absolute Gasteiger partial charge is 0.259 e. The molecule has 6 heteroatoms. The molecule has 1 atom stereocenters. The van der Waals surface area contributed by atoms with Crippen molar-refractivity contribution < 1.29 is 14.3 Å². The molecule has 3 aromatic rings. The lowest BCUT2D eigenvalue weighted by molar-refractivity contribution is -0.126. The molecule has 0 spiro atoms. The zero-order valence-corrected chi connectivity index (χ0v) is 19.2. The van der Waals surface area contributed by atoms with E-state index in [2.05, 4.69) is 5.32 Å². The summed E-state index contributed by atoms with van der Waals surface area (Å²) in [6.45, 7) is 2.19. The van der Waals surface area contributed by atoms with Crippen LogP contribution in [0, 0.1) is 0 Å². The summed E-state index contributed by atoms with van der Waals surface area (Å²) in [4.78, 5) is 29.9. The van der Waals surface area contributed by atoms with Crippen LogP contribution in [0.25, 0.3) is 0 Å². The molecule has 3 aromatic carbocycles. The fraction of sp³-hybridized carbons (Fsp3) is 0.231. The Labute approximate surface area is 192 Å². The monoisotopic (exact) mass is 446 g/mol. The normalized spacial score (nSPS) is 17.6. The number of nitrogens with zero attached hydrogens (tertiary/aromatic N) is 1. The number of fused-ring (bicyclic) bond motifs is 1. The second-order valence-corrected chi connectivity index (χ2v) is 8.86. The van der Waals surface area contributed by atoms with Crippen LogP contribution >= 0.6 is 11.8 Å². The Hall–Kier alpha value is -3.25. The van der Waals surface area contributed by atoms with E-state index in [1.54, 1.807) is 23.8 Å². The Morgan fingerprint density at radius 3 is 2.56 bits per heavy atom. The molecule has 1 heterocycles. The van der Waals surface area contributed by atoms with E-state index in [0.717, 1.165) is 21.8 Å². The van der Waals surface area contributed by atoms with Crippen LogP contribution < -0.4 is 15.0 Å². The lowest BCUT2D eigenvalue weighted by Gasteiger charge is -2.44. The highest BCUT2D eigenvalue weighted by Gasteiger charge is 2.47. The van der Waals surface area contributed by atoms with Gasteiger partial charge in [0.2, 0.25) is 5.91 Å². The third-order valence-corrected chi connectivity index (χ3v) is 6.63. The van der Waals surface area contributed by atoms with E-state index in [1.165, 1.54) is 0 Å². The molecule has 1 N–H and O–H groups in total. The topological polar surface area (TPSA) is 58.6 Å². The minimum atomic E-state index is -1.06. The number of methoxy groups -OCH3 is 1. The summed E-state index contributed by atoms with van der Waals surface area (Å²) in [5.74, 6) is 0.375. The maximum absolute atomic E-state index is 13.6. The van der Waals surface area contributed by atoms with E-state index in [1.807, 2.05) is 86.0 Å². The summed E-state index contributed by atoms with van der Waals surface area (Å²) < 4.78 is 5.28. The summed E-state index contributed by atoms with van der Waals surface area (Å²) in [6.07, 6.45) is 2.44. The van der Waals surface area contributed by atoms with Crippen molar-refractivity contribution in [2.24, 2.45) is 0 Å². The second-order valence-electron chi connectivity index (χ2n) is 7.98. The molecule has 0 radical (unpaired) electrons. The minimum absolute atomic E-state index is 0.164. The molecule has 2 amide bonds. The van der Waals surface area contributed by atoms with E-state index in [-0.39, 0.29) is 11.8 Å². The third kappa shape index (κ3) is 4.10. The van der Waals surface area contributed by atoms with E-state index < -0.39 is 5.54 Å². The second kappa shape index (κ2) is 9.09. The van der Waals surface area contributed by atoms with Gasteiger partial charge in [-0.15, -0.1) is 11.8 Å². The van der Waals surface area contributed by atoms with Crippen LogP contribution in [0.2, 0.25) is 0 Å². The van der Waals surface area contributed by atoms with Crippen LogP contribution in [0.15, 0.2) is 77.7 Å². The summed E-state index contributed by atoms with van der Waals surface area (Å²) >= 11 is 1.64. The molecular weight excluding hydrogens is 420 g/mol. The molecular formula is C26H26N2O3S. The molecule has 0 aliphatic carbocycles. The van der Waals surface area contributed by atoms with Gasteiger partial charge in [-0.05, 0) is 66.8 Å². The Morgan fingerprint density at radius 2 is 1.84 bits per heavy atom. The van der Waals surface area contributed by atoms with Crippen molar-refractivity contribution in [2.45, 2.75) is 30.3 Å². The molecule has 0 bridgehead atoms. The van der Waals surface area contributed by atoms with Crippen molar-refractivity contribution in [2.75, 3.05) is 18.3 Å². The van der Waals surface area contributed by atoms with Crippen molar-refractivity contribution in [1.82, 2.24) is 5.32 Å². The van der Waals surface area contributed by atoms with Crippen LogP contribution in [0.4, 0.5) is 5.69 Å². The van der Waals surface area contributed by atoms with Crippen molar-refractivity contribution in [3.05, 3.63) is 89.5 Å². The first kappa shape index (κ1) is 22.0. The molecule has 0 saturated carbocycles. The lowest BCUT2D eigenvalue weighted by atomic mass is 9.82. The van der Waals surface area contributed by atoms with Gasteiger partial charge in [-0.2, -0.15) is 0 Å². The molecule has 1 aliphatic heterocycles. The van der Waals surface area contributed by atoms with Crippen molar-refractivity contribution in [3.63, 3.8) is 0 Å². The van der Waals surface area contributed by atoms with E-state index in [9.17, 15) is 9.59 Å². The molecule has 5 nitrogen and oxygen atoms in total. The third-order valence-electron chi connectivity index (χ3n) is 5.89. The largest absolute Gasteiger partial charge is 0.497 e. The Kier molecular flexibility index (Phi) is 6.24. The van der Waals surface area contributed by atoms with Gasteiger partial charge in [0, 0.05) is 29.1 Å². The number of hydrogen-bond acceptors (Lipinski definition) is 4. The fourth-order valence-electron chi connectivity index (χ4n) is 4.15. The number of carbonyl (C=O) groups excluding carboxylic acids is 2. The Morgan fingerprint density at radius 1 is 1.09 bits per heavy atom. The molecule has 32 heavy (non-hydrogen) atoms. The molecule has 1 aliphatic rings. The molecule has 0 saturated heterocycles. The molecule has 0 aromatic heterocycles. The average molecular weight is 447 g/mol. The molecule has 164 valence electrons. The maximum Gasteiger partial charge on any atom is 0.259 e. The van der Waals surface area contributed by atoms with E-state index in [0.29, 0.717) is 24.2 Å². The summed E-state index contributed by atoms with van der Waals surface area (Å²) in [6, 6.07) is 22.9. The summed E-state index contributed by atoms with van der Waals surface area (Å²) in [5.41, 5.74) is 2.10. The molecule has 1 unspecified atom stereocenters. The lowest BCUT2D eigenvalue weighted by Crippen LogP contribution is -2.63. The van der Waals surface area contributed by atoms with Gasteiger partial charge in [-0.1, -0.05) is 30.3 Å². The van der Waals surface area contributed by atoms with E-state index >= 15 is 0 Å². The number of amides is 2. The van der Waals surface area contributed by atoms with Crippen LogP contribution in [0.5, 0.6) is 5.75 Å². The van der Waals surface area contributed by atoms with Gasteiger partial charge in [0.25, 0.3) is 5.91 Å². The highest BCUT2D eigenvalue weighted by Crippen LogP contribution is 2.36. The first-order valence-electron chi connectivity index (χ1n) is 10.4. The van der Waals surface area contributed by atoms with Crippen LogP contribution in [-0.4, -0.2) is 30.7 Å². The fourth-order valence-corrected chi connectivity index (χ4v) is 4.56. The number of benzene rings is 3. The number of anilines is 1. The average Bonchev–Trinajstić information content (AvgIpc) is 2.83. The van der Waals surface area contributed by atoms with Crippen LogP contribution in [0.3, 0.4) is 0 Å². The van der Waals surface area contributed by atoms with Gasteiger partial charge in [0.05, 0.1) is 7.11 Å². The van der Waals surface area contributed by atoms with Crippen molar-refractivity contribution >= 4 is 29.3 Å². The zero-order chi connectivity index (χ0) is 22.7. The van der Waals surface area contributed by atoms with Crippen molar-refractivity contribution in [1.29, 1.82) is 0 Å².